The van der Waals surface area contributed by atoms with Crippen LogP contribution in [0.4, 0.5) is 0 Å². The molecule has 0 radical (unpaired) electrons. The van der Waals surface area contributed by atoms with Crippen molar-refractivity contribution in [3.63, 3.8) is 0 Å². The Kier molecular flexibility index (Phi) is 6.13. The smallest absolute Gasteiger partial charge is 0.328 e. The molecule has 0 spiro atoms. The van der Waals surface area contributed by atoms with Gasteiger partial charge >= 0.3 is 5.97 Å². The Morgan fingerprint density at radius 3 is 2.32 bits per heavy atom. The molecular weight excluding hydrogens is 388 g/mol. The molecular formula is C26H24N2O3. The van der Waals surface area contributed by atoms with Gasteiger partial charge in [0.2, 0.25) is 5.91 Å². The van der Waals surface area contributed by atoms with Gasteiger partial charge in [0.05, 0.1) is 13.5 Å². The summed E-state index contributed by atoms with van der Waals surface area (Å²) in [6.07, 6.45) is 2.42. The van der Waals surface area contributed by atoms with E-state index in [2.05, 4.69) is 10.3 Å². The van der Waals surface area contributed by atoms with Crippen LogP contribution in [0.25, 0.3) is 22.0 Å². The highest BCUT2D eigenvalue weighted by atomic mass is 16.5. The maximum Gasteiger partial charge on any atom is 0.328 e. The summed E-state index contributed by atoms with van der Waals surface area (Å²) in [5, 5.41) is 3.87. The predicted octanol–water partition coefficient (Wildman–Crippen LogP) is 4.28. The van der Waals surface area contributed by atoms with E-state index in [4.69, 9.17) is 4.74 Å². The topological polar surface area (TPSA) is 71.2 Å². The fourth-order valence-electron chi connectivity index (χ4n) is 3.73. The minimum Gasteiger partial charge on any atom is -0.467 e. The fraction of sp³-hybridized carbons (Fsp3) is 0.154. The number of para-hydroxylation sites is 1. The van der Waals surface area contributed by atoms with Gasteiger partial charge in [0.25, 0.3) is 0 Å². The summed E-state index contributed by atoms with van der Waals surface area (Å²) in [5.41, 5.74) is 5.05. The number of methoxy groups -OCH3 is 1. The number of aromatic amines is 1. The van der Waals surface area contributed by atoms with Crippen molar-refractivity contribution in [2.24, 2.45) is 0 Å². The summed E-state index contributed by atoms with van der Waals surface area (Å²) in [6, 6.07) is 25.1. The van der Waals surface area contributed by atoms with E-state index in [-0.39, 0.29) is 12.3 Å². The largest absolute Gasteiger partial charge is 0.467 e. The zero-order valence-corrected chi connectivity index (χ0v) is 17.3. The Labute approximate surface area is 181 Å². The van der Waals surface area contributed by atoms with Crippen LogP contribution < -0.4 is 5.32 Å². The van der Waals surface area contributed by atoms with Crippen LogP contribution in [-0.2, 0) is 27.2 Å². The van der Waals surface area contributed by atoms with Gasteiger partial charge in [-0.2, -0.15) is 0 Å². The molecule has 1 amide bonds. The molecule has 0 aliphatic heterocycles. The Hall–Kier alpha value is -3.86. The standard InChI is InChI=1S/C26H24N2O3/c1-31-26(30)24(16-21-17-27-23-10-6-5-9-22(21)23)28-25(29)15-18-11-13-20(14-12-18)19-7-3-2-4-8-19/h2-14,17,24,27H,15-16H2,1H3,(H,28,29). The van der Waals surface area contributed by atoms with Crippen molar-refractivity contribution in [1.82, 2.24) is 10.3 Å². The van der Waals surface area contributed by atoms with Crippen LogP contribution in [0.3, 0.4) is 0 Å². The lowest BCUT2D eigenvalue weighted by atomic mass is 10.0. The summed E-state index contributed by atoms with van der Waals surface area (Å²) in [4.78, 5) is 28.2. The number of esters is 1. The molecule has 1 aromatic heterocycles. The van der Waals surface area contributed by atoms with Crippen molar-refractivity contribution >= 4 is 22.8 Å². The van der Waals surface area contributed by atoms with Crippen molar-refractivity contribution < 1.29 is 14.3 Å². The van der Waals surface area contributed by atoms with Gasteiger partial charge in [-0.25, -0.2) is 4.79 Å². The number of ether oxygens (including phenoxy) is 1. The number of fused-ring (bicyclic) bond motifs is 1. The van der Waals surface area contributed by atoms with Gasteiger partial charge in [-0.1, -0.05) is 72.8 Å². The van der Waals surface area contributed by atoms with E-state index in [9.17, 15) is 9.59 Å². The van der Waals surface area contributed by atoms with Crippen LogP contribution in [0.15, 0.2) is 85.1 Å². The molecule has 4 aromatic rings. The van der Waals surface area contributed by atoms with Crippen molar-refractivity contribution in [1.29, 1.82) is 0 Å². The summed E-state index contributed by atoms with van der Waals surface area (Å²) >= 11 is 0. The zero-order valence-electron chi connectivity index (χ0n) is 17.3. The maximum absolute atomic E-state index is 12.7. The number of carbonyl (C=O) groups is 2. The summed E-state index contributed by atoms with van der Waals surface area (Å²) in [5.74, 6) is -0.680. The van der Waals surface area contributed by atoms with Crippen LogP contribution in [0.2, 0.25) is 0 Å². The lowest BCUT2D eigenvalue weighted by molar-refractivity contribution is -0.145. The van der Waals surface area contributed by atoms with Crippen molar-refractivity contribution in [3.05, 3.63) is 96.2 Å². The van der Waals surface area contributed by atoms with E-state index in [1.165, 1.54) is 7.11 Å². The second-order valence-corrected chi connectivity index (χ2v) is 7.45. The van der Waals surface area contributed by atoms with Gasteiger partial charge in [-0.05, 0) is 28.3 Å². The average molecular weight is 412 g/mol. The molecule has 156 valence electrons. The van der Waals surface area contributed by atoms with Gasteiger partial charge in [-0.15, -0.1) is 0 Å². The third-order valence-corrected chi connectivity index (χ3v) is 5.35. The molecule has 1 unspecified atom stereocenters. The van der Waals surface area contributed by atoms with Gasteiger partial charge in [0, 0.05) is 23.5 Å². The average Bonchev–Trinajstić information content (AvgIpc) is 3.22. The van der Waals surface area contributed by atoms with Crippen molar-refractivity contribution in [2.75, 3.05) is 7.11 Å². The summed E-state index contributed by atoms with van der Waals surface area (Å²) in [7, 11) is 1.33. The van der Waals surface area contributed by atoms with Gasteiger partial charge in [0.15, 0.2) is 0 Å². The van der Waals surface area contributed by atoms with Crippen LogP contribution in [0, 0.1) is 0 Å². The normalized spacial score (nSPS) is 11.8. The highest BCUT2D eigenvalue weighted by Crippen LogP contribution is 2.21. The minimum absolute atomic E-state index is 0.191. The molecule has 0 fully saturated rings. The first-order valence-corrected chi connectivity index (χ1v) is 10.2. The number of aromatic nitrogens is 1. The number of hydrogen-bond acceptors (Lipinski definition) is 3. The van der Waals surface area contributed by atoms with Crippen LogP contribution in [0.1, 0.15) is 11.1 Å². The highest BCUT2D eigenvalue weighted by molar-refractivity contribution is 5.88. The Balaban J connectivity index is 1.43. The molecule has 0 aliphatic carbocycles. The van der Waals surface area contributed by atoms with Gasteiger partial charge < -0.3 is 15.0 Å². The molecule has 0 saturated carbocycles. The van der Waals surface area contributed by atoms with Crippen LogP contribution >= 0.6 is 0 Å². The van der Waals surface area contributed by atoms with E-state index in [0.29, 0.717) is 6.42 Å². The molecule has 4 rings (SSSR count). The van der Waals surface area contributed by atoms with Gasteiger partial charge in [0.1, 0.15) is 6.04 Å². The number of benzene rings is 3. The summed E-state index contributed by atoms with van der Waals surface area (Å²) < 4.78 is 4.93. The Morgan fingerprint density at radius 2 is 1.58 bits per heavy atom. The third-order valence-electron chi connectivity index (χ3n) is 5.35. The third kappa shape index (κ3) is 4.83. The van der Waals surface area contributed by atoms with E-state index < -0.39 is 12.0 Å². The molecule has 31 heavy (non-hydrogen) atoms. The number of nitrogens with one attached hydrogen (secondary N) is 2. The van der Waals surface area contributed by atoms with E-state index >= 15 is 0 Å². The predicted molar refractivity (Wildman–Crippen MR) is 122 cm³/mol. The first kappa shape index (κ1) is 20.4. The van der Waals surface area contributed by atoms with Crippen LogP contribution in [-0.4, -0.2) is 30.0 Å². The number of hydrogen-bond donors (Lipinski definition) is 2. The molecule has 0 bridgehead atoms. The van der Waals surface area contributed by atoms with E-state index in [0.717, 1.165) is 33.2 Å². The molecule has 3 aromatic carbocycles. The van der Waals surface area contributed by atoms with E-state index in [1.54, 1.807) is 0 Å². The minimum atomic E-state index is -0.750. The molecule has 1 heterocycles. The monoisotopic (exact) mass is 412 g/mol. The first-order valence-electron chi connectivity index (χ1n) is 10.2. The van der Waals surface area contributed by atoms with Crippen molar-refractivity contribution in [2.45, 2.75) is 18.9 Å². The molecule has 2 N–H and O–H groups in total. The second kappa shape index (κ2) is 9.30. The maximum atomic E-state index is 12.7. The Bertz CT molecular complexity index is 1180. The summed E-state index contributed by atoms with van der Waals surface area (Å²) in [6.45, 7) is 0. The lowest BCUT2D eigenvalue weighted by Crippen LogP contribution is -2.43. The molecule has 5 nitrogen and oxygen atoms in total. The van der Waals surface area contributed by atoms with Gasteiger partial charge in [-0.3, -0.25) is 4.79 Å². The van der Waals surface area contributed by atoms with Crippen LogP contribution in [0.5, 0.6) is 0 Å². The first-order chi connectivity index (χ1) is 15.1. The second-order valence-electron chi connectivity index (χ2n) is 7.45. The molecule has 0 aliphatic rings. The molecule has 5 heteroatoms. The quantitative estimate of drug-likeness (QED) is 0.445. The number of rotatable bonds is 7. The number of H-pyrrole nitrogens is 1. The highest BCUT2D eigenvalue weighted by Gasteiger charge is 2.23. The molecule has 0 saturated heterocycles. The number of carbonyl (C=O) groups excluding carboxylic acids is 2. The fourth-order valence-corrected chi connectivity index (χ4v) is 3.73. The lowest BCUT2D eigenvalue weighted by Gasteiger charge is -2.16. The Morgan fingerprint density at radius 1 is 0.903 bits per heavy atom. The number of amides is 1. The van der Waals surface area contributed by atoms with Crippen molar-refractivity contribution in [3.8, 4) is 11.1 Å². The molecule has 1 atom stereocenters. The van der Waals surface area contributed by atoms with E-state index in [1.807, 2.05) is 85.1 Å². The zero-order chi connectivity index (χ0) is 21.6. The SMILES string of the molecule is COC(=O)C(Cc1c[nH]c2ccccc12)NC(=O)Cc1ccc(-c2ccccc2)cc1.